The highest BCUT2D eigenvalue weighted by Crippen LogP contribution is 2.31. The van der Waals surface area contributed by atoms with Crippen LogP contribution in [0.15, 0.2) is 0 Å². The lowest BCUT2D eigenvalue weighted by Crippen LogP contribution is -2.42. The molecule has 78 valence electrons. The van der Waals surface area contributed by atoms with Crippen molar-refractivity contribution in [2.75, 3.05) is 0 Å². The van der Waals surface area contributed by atoms with Gasteiger partial charge in [-0.2, -0.15) is 0 Å². The Morgan fingerprint density at radius 1 is 1.50 bits per heavy atom. The third-order valence-electron chi connectivity index (χ3n) is 3.02. The number of ether oxygens (including phenoxy) is 1. The van der Waals surface area contributed by atoms with E-state index in [0.29, 0.717) is 6.42 Å². The Kier molecular flexibility index (Phi) is 2.44. The summed E-state index contributed by atoms with van der Waals surface area (Å²) in [6.07, 6.45) is 3.90. The first-order chi connectivity index (χ1) is 6.74. The van der Waals surface area contributed by atoms with Gasteiger partial charge in [0, 0.05) is 6.42 Å². The molecule has 2 amide bonds. The standard InChI is InChI=1S/C10H15NO3/c1-2-9(12)11-7-5-3-4-6-8(7)14-10(11)13/h7-8H,2-6H2,1H3/t7-,8-/m0/s1. The van der Waals surface area contributed by atoms with Gasteiger partial charge in [-0.25, -0.2) is 9.69 Å². The monoisotopic (exact) mass is 197 g/mol. The zero-order valence-corrected chi connectivity index (χ0v) is 8.36. The number of nitrogens with zero attached hydrogens (tertiary/aromatic N) is 1. The Morgan fingerprint density at radius 2 is 2.21 bits per heavy atom. The first-order valence-electron chi connectivity index (χ1n) is 5.26. The summed E-state index contributed by atoms with van der Waals surface area (Å²) < 4.78 is 5.17. The number of carbonyl (C=O) groups excluding carboxylic acids is 2. The van der Waals surface area contributed by atoms with Gasteiger partial charge in [-0.1, -0.05) is 13.3 Å². The molecule has 2 fully saturated rings. The highest BCUT2D eigenvalue weighted by molar-refractivity contribution is 5.93. The molecule has 0 spiro atoms. The summed E-state index contributed by atoms with van der Waals surface area (Å²) >= 11 is 0. The molecule has 0 bridgehead atoms. The van der Waals surface area contributed by atoms with Crippen molar-refractivity contribution in [2.24, 2.45) is 0 Å². The summed E-state index contributed by atoms with van der Waals surface area (Å²) in [6.45, 7) is 1.77. The molecular weight excluding hydrogens is 182 g/mol. The molecule has 1 saturated carbocycles. The molecule has 0 aromatic rings. The minimum absolute atomic E-state index is 0.0173. The molecule has 4 heteroatoms. The van der Waals surface area contributed by atoms with Gasteiger partial charge in [0.25, 0.3) is 0 Å². The van der Waals surface area contributed by atoms with Gasteiger partial charge in [0.15, 0.2) is 0 Å². The van der Waals surface area contributed by atoms with Crippen LogP contribution in [-0.2, 0) is 9.53 Å². The van der Waals surface area contributed by atoms with Crippen LogP contribution in [0.2, 0.25) is 0 Å². The summed E-state index contributed by atoms with van der Waals surface area (Å²) in [5, 5.41) is 0. The normalized spacial score (nSPS) is 31.2. The molecule has 2 rings (SSSR count). The van der Waals surface area contributed by atoms with Gasteiger partial charge in [-0.15, -0.1) is 0 Å². The molecular formula is C10H15NO3. The van der Waals surface area contributed by atoms with Gasteiger partial charge in [0.1, 0.15) is 6.10 Å². The Morgan fingerprint density at radius 3 is 2.93 bits per heavy atom. The average Bonchev–Trinajstić information content (AvgIpc) is 2.53. The maximum absolute atomic E-state index is 11.5. The number of imide groups is 1. The molecule has 0 aromatic heterocycles. The molecule has 1 aliphatic heterocycles. The van der Waals surface area contributed by atoms with Crippen molar-refractivity contribution in [3.63, 3.8) is 0 Å². The average molecular weight is 197 g/mol. The number of amides is 2. The number of carbonyl (C=O) groups is 2. The Bertz CT molecular complexity index is 264. The maximum atomic E-state index is 11.5. The van der Waals surface area contributed by atoms with E-state index in [0.717, 1.165) is 25.7 Å². The quantitative estimate of drug-likeness (QED) is 0.642. The molecule has 2 atom stereocenters. The zero-order chi connectivity index (χ0) is 10.1. The van der Waals surface area contributed by atoms with Gasteiger partial charge >= 0.3 is 6.09 Å². The molecule has 0 unspecified atom stereocenters. The maximum Gasteiger partial charge on any atom is 0.417 e. The number of hydrogen-bond acceptors (Lipinski definition) is 3. The molecule has 2 aliphatic rings. The summed E-state index contributed by atoms with van der Waals surface area (Å²) in [4.78, 5) is 24.3. The summed E-state index contributed by atoms with van der Waals surface area (Å²) in [5.41, 5.74) is 0. The lowest BCUT2D eigenvalue weighted by Gasteiger charge is -2.26. The molecule has 4 nitrogen and oxygen atoms in total. The van der Waals surface area contributed by atoms with E-state index in [9.17, 15) is 9.59 Å². The summed E-state index contributed by atoms with van der Waals surface area (Å²) in [6, 6.07) is 0.0173. The van der Waals surface area contributed by atoms with Crippen molar-refractivity contribution in [3.8, 4) is 0 Å². The van der Waals surface area contributed by atoms with Crippen molar-refractivity contribution in [3.05, 3.63) is 0 Å². The van der Waals surface area contributed by atoms with Crippen LogP contribution in [0.5, 0.6) is 0 Å². The van der Waals surface area contributed by atoms with Crippen LogP contribution >= 0.6 is 0 Å². The van der Waals surface area contributed by atoms with E-state index in [1.54, 1.807) is 6.92 Å². The van der Waals surface area contributed by atoms with Gasteiger partial charge in [0.05, 0.1) is 6.04 Å². The number of fused-ring (bicyclic) bond motifs is 1. The van der Waals surface area contributed by atoms with Crippen LogP contribution in [-0.4, -0.2) is 29.0 Å². The predicted molar refractivity (Wildman–Crippen MR) is 49.7 cm³/mol. The van der Waals surface area contributed by atoms with Gasteiger partial charge in [0.2, 0.25) is 5.91 Å². The zero-order valence-electron chi connectivity index (χ0n) is 8.36. The Hall–Kier alpha value is -1.06. The second-order valence-corrected chi connectivity index (χ2v) is 3.89. The fourth-order valence-electron chi connectivity index (χ4n) is 2.29. The van der Waals surface area contributed by atoms with E-state index in [1.807, 2.05) is 0 Å². The molecule has 1 saturated heterocycles. The van der Waals surface area contributed by atoms with Crippen LogP contribution in [0.25, 0.3) is 0 Å². The van der Waals surface area contributed by atoms with E-state index in [4.69, 9.17) is 4.74 Å². The van der Waals surface area contributed by atoms with Crippen molar-refractivity contribution in [1.82, 2.24) is 4.90 Å². The van der Waals surface area contributed by atoms with E-state index < -0.39 is 6.09 Å². The molecule has 1 heterocycles. The van der Waals surface area contributed by atoms with Crippen LogP contribution < -0.4 is 0 Å². The summed E-state index contributed by atoms with van der Waals surface area (Å²) in [7, 11) is 0. The van der Waals surface area contributed by atoms with E-state index in [2.05, 4.69) is 0 Å². The minimum Gasteiger partial charge on any atom is -0.444 e. The van der Waals surface area contributed by atoms with Gasteiger partial charge < -0.3 is 4.74 Å². The van der Waals surface area contributed by atoms with Gasteiger partial charge in [-0.05, 0) is 19.3 Å². The SMILES string of the molecule is CCC(=O)N1C(=O)O[C@H]2CCCC[C@@H]21. The molecule has 0 aromatic carbocycles. The Labute approximate surface area is 83.2 Å². The largest absolute Gasteiger partial charge is 0.444 e. The fourth-order valence-corrected chi connectivity index (χ4v) is 2.29. The first kappa shape index (κ1) is 9.49. The lowest BCUT2D eigenvalue weighted by atomic mass is 9.92. The van der Waals surface area contributed by atoms with Crippen LogP contribution in [0.1, 0.15) is 39.0 Å². The first-order valence-corrected chi connectivity index (χ1v) is 5.26. The van der Waals surface area contributed by atoms with E-state index in [1.165, 1.54) is 4.90 Å². The second kappa shape index (κ2) is 3.59. The van der Waals surface area contributed by atoms with Gasteiger partial charge in [-0.3, -0.25) is 4.79 Å². The third-order valence-corrected chi connectivity index (χ3v) is 3.02. The topological polar surface area (TPSA) is 46.6 Å². The van der Waals surface area contributed by atoms with E-state index >= 15 is 0 Å². The third kappa shape index (κ3) is 1.38. The predicted octanol–water partition coefficient (Wildman–Crippen LogP) is 1.69. The highest BCUT2D eigenvalue weighted by Gasteiger charge is 2.45. The summed E-state index contributed by atoms with van der Waals surface area (Å²) in [5.74, 6) is -0.107. The molecule has 14 heavy (non-hydrogen) atoms. The Balaban J connectivity index is 2.15. The lowest BCUT2D eigenvalue weighted by molar-refractivity contribution is -0.129. The molecule has 0 radical (unpaired) electrons. The van der Waals surface area contributed by atoms with Crippen molar-refractivity contribution in [1.29, 1.82) is 0 Å². The number of hydrogen-bond donors (Lipinski definition) is 0. The van der Waals surface area contributed by atoms with Crippen LogP contribution in [0, 0.1) is 0 Å². The van der Waals surface area contributed by atoms with Crippen LogP contribution in [0.4, 0.5) is 4.79 Å². The molecule has 1 aliphatic carbocycles. The minimum atomic E-state index is -0.436. The fraction of sp³-hybridized carbons (Fsp3) is 0.800. The van der Waals surface area contributed by atoms with E-state index in [-0.39, 0.29) is 18.1 Å². The number of rotatable bonds is 1. The molecule has 0 N–H and O–H groups in total. The second-order valence-electron chi connectivity index (χ2n) is 3.89. The van der Waals surface area contributed by atoms with Crippen molar-refractivity contribution >= 4 is 12.0 Å². The highest BCUT2D eigenvalue weighted by atomic mass is 16.6. The smallest absolute Gasteiger partial charge is 0.417 e. The van der Waals surface area contributed by atoms with Crippen molar-refractivity contribution in [2.45, 2.75) is 51.2 Å². The van der Waals surface area contributed by atoms with Crippen LogP contribution in [0.3, 0.4) is 0 Å². The van der Waals surface area contributed by atoms with Crippen molar-refractivity contribution < 1.29 is 14.3 Å².